The van der Waals surface area contributed by atoms with Gasteiger partial charge in [-0.05, 0) is 36.2 Å². The van der Waals surface area contributed by atoms with E-state index in [1.807, 2.05) is 42.5 Å². The van der Waals surface area contributed by atoms with E-state index in [0.29, 0.717) is 50.7 Å². The van der Waals surface area contributed by atoms with Crippen molar-refractivity contribution in [3.8, 4) is 23.0 Å². The first-order valence-electron chi connectivity index (χ1n) is 8.67. The van der Waals surface area contributed by atoms with Gasteiger partial charge in [0.1, 0.15) is 19.8 Å². The number of rotatable bonds is 8. The van der Waals surface area contributed by atoms with Crippen molar-refractivity contribution in [3.63, 3.8) is 0 Å². The van der Waals surface area contributed by atoms with Crippen LogP contribution in [0.4, 0.5) is 0 Å². The van der Waals surface area contributed by atoms with E-state index in [2.05, 4.69) is 5.32 Å². The van der Waals surface area contributed by atoms with Gasteiger partial charge in [0.05, 0.1) is 13.7 Å². The fourth-order valence-electron chi connectivity index (χ4n) is 2.68. The minimum absolute atomic E-state index is 0.0106. The van der Waals surface area contributed by atoms with Crippen molar-refractivity contribution in [2.45, 2.75) is 12.8 Å². The summed E-state index contributed by atoms with van der Waals surface area (Å²) in [6.07, 6.45) is 1.06. The van der Waals surface area contributed by atoms with Gasteiger partial charge in [-0.15, -0.1) is 0 Å². The van der Waals surface area contributed by atoms with Crippen LogP contribution in [0.5, 0.6) is 23.0 Å². The van der Waals surface area contributed by atoms with Crippen LogP contribution in [0.25, 0.3) is 0 Å². The van der Waals surface area contributed by atoms with Crippen molar-refractivity contribution >= 4 is 5.91 Å². The van der Waals surface area contributed by atoms with Crippen LogP contribution in [0.1, 0.15) is 12.0 Å². The molecule has 0 unspecified atom stereocenters. The van der Waals surface area contributed by atoms with E-state index in [1.165, 1.54) is 0 Å². The minimum Gasteiger partial charge on any atom is -0.493 e. The van der Waals surface area contributed by atoms with Crippen molar-refractivity contribution < 1.29 is 23.7 Å². The number of hydrogen-bond donors (Lipinski definition) is 1. The summed E-state index contributed by atoms with van der Waals surface area (Å²) in [6.45, 7) is 1.96. The van der Waals surface area contributed by atoms with Crippen molar-refractivity contribution in [2.24, 2.45) is 0 Å². The van der Waals surface area contributed by atoms with Gasteiger partial charge < -0.3 is 24.3 Å². The third-order valence-electron chi connectivity index (χ3n) is 4.00. The predicted octanol–water partition coefficient (Wildman–Crippen LogP) is 2.59. The Bertz CT molecular complexity index is 747. The van der Waals surface area contributed by atoms with Crippen molar-refractivity contribution in [2.75, 3.05) is 33.5 Å². The Kier molecular flexibility index (Phi) is 6.19. The molecule has 26 heavy (non-hydrogen) atoms. The van der Waals surface area contributed by atoms with Crippen molar-refractivity contribution in [1.29, 1.82) is 0 Å². The molecule has 0 aliphatic carbocycles. The Hall–Kier alpha value is -2.89. The number of nitrogens with one attached hydrogen (secondary N) is 1. The van der Waals surface area contributed by atoms with E-state index < -0.39 is 0 Å². The SMILES string of the molecule is COc1ccccc1OCCNC(=O)CCc1ccc2c(c1)OCCO2. The van der Waals surface area contributed by atoms with E-state index >= 15 is 0 Å². The molecule has 0 radical (unpaired) electrons. The number of fused-ring (bicyclic) bond motifs is 1. The fourth-order valence-corrected chi connectivity index (χ4v) is 2.68. The average Bonchev–Trinajstić information content (AvgIpc) is 2.69. The molecule has 0 saturated heterocycles. The number of aryl methyl sites for hydroxylation is 1. The first-order valence-corrected chi connectivity index (χ1v) is 8.67. The van der Waals surface area contributed by atoms with Gasteiger partial charge in [0.2, 0.25) is 5.91 Å². The van der Waals surface area contributed by atoms with E-state index in [0.717, 1.165) is 17.1 Å². The van der Waals surface area contributed by atoms with Gasteiger partial charge in [0.25, 0.3) is 0 Å². The van der Waals surface area contributed by atoms with Gasteiger partial charge >= 0.3 is 0 Å². The van der Waals surface area contributed by atoms with Gasteiger partial charge in [0.15, 0.2) is 23.0 Å². The number of benzene rings is 2. The van der Waals surface area contributed by atoms with Crippen LogP contribution in [-0.2, 0) is 11.2 Å². The number of methoxy groups -OCH3 is 1. The summed E-state index contributed by atoms with van der Waals surface area (Å²) in [6, 6.07) is 13.2. The lowest BCUT2D eigenvalue weighted by molar-refractivity contribution is -0.121. The number of ether oxygens (including phenoxy) is 4. The van der Waals surface area contributed by atoms with Crippen LogP contribution < -0.4 is 24.3 Å². The minimum atomic E-state index is -0.0106. The topological polar surface area (TPSA) is 66.0 Å². The molecule has 1 heterocycles. The zero-order chi connectivity index (χ0) is 18.2. The maximum atomic E-state index is 12.0. The summed E-state index contributed by atoms with van der Waals surface area (Å²) in [7, 11) is 1.60. The molecule has 0 fully saturated rings. The Morgan fingerprint density at radius 3 is 2.65 bits per heavy atom. The van der Waals surface area contributed by atoms with Gasteiger partial charge in [-0.3, -0.25) is 4.79 Å². The van der Waals surface area contributed by atoms with Crippen LogP contribution in [0, 0.1) is 0 Å². The third kappa shape index (κ3) is 4.81. The normalized spacial score (nSPS) is 12.3. The second-order valence-corrected chi connectivity index (χ2v) is 5.83. The maximum absolute atomic E-state index is 12.0. The smallest absolute Gasteiger partial charge is 0.220 e. The number of carbonyl (C=O) groups excluding carboxylic acids is 1. The quantitative estimate of drug-likeness (QED) is 0.736. The zero-order valence-corrected chi connectivity index (χ0v) is 14.8. The highest BCUT2D eigenvalue weighted by molar-refractivity contribution is 5.76. The highest BCUT2D eigenvalue weighted by Crippen LogP contribution is 2.31. The molecule has 0 spiro atoms. The summed E-state index contributed by atoms with van der Waals surface area (Å²) < 4.78 is 21.9. The van der Waals surface area contributed by atoms with Crippen LogP contribution >= 0.6 is 0 Å². The first-order chi connectivity index (χ1) is 12.8. The first kappa shape index (κ1) is 17.9. The lowest BCUT2D eigenvalue weighted by Gasteiger charge is -2.18. The lowest BCUT2D eigenvalue weighted by Crippen LogP contribution is -2.28. The Morgan fingerprint density at radius 1 is 1.08 bits per heavy atom. The second kappa shape index (κ2) is 8.99. The summed E-state index contributed by atoms with van der Waals surface area (Å²) in [4.78, 5) is 12.0. The molecule has 0 atom stereocenters. The largest absolute Gasteiger partial charge is 0.493 e. The van der Waals surface area contributed by atoms with E-state index in [-0.39, 0.29) is 5.91 Å². The van der Waals surface area contributed by atoms with Crippen molar-refractivity contribution in [1.82, 2.24) is 5.32 Å². The monoisotopic (exact) mass is 357 g/mol. The number of hydrogen-bond acceptors (Lipinski definition) is 5. The summed E-state index contributed by atoms with van der Waals surface area (Å²) in [5.41, 5.74) is 1.05. The maximum Gasteiger partial charge on any atom is 0.220 e. The molecule has 0 bridgehead atoms. The van der Waals surface area contributed by atoms with E-state index in [9.17, 15) is 4.79 Å². The van der Waals surface area contributed by atoms with Gasteiger partial charge in [-0.2, -0.15) is 0 Å². The number of amides is 1. The Balaban J connectivity index is 1.38. The third-order valence-corrected chi connectivity index (χ3v) is 4.00. The predicted molar refractivity (Wildman–Crippen MR) is 97.3 cm³/mol. The molecule has 138 valence electrons. The highest BCUT2D eigenvalue weighted by atomic mass is 16.6. The molecule has 6 nitrogen and oxygen atoms in total. The number of para-hydroxylation sites is 2. The van der Waals surface area contributed by atoms with Gasteiger partial charge in [-0.1, -0.05) is 18.2 Å². The number of carbonyl (C=O) groups is 1. The highest BCUT2D eigenvalue weighted by Gasteiger charge is 2.12. The Morgan fingerprint density at radius 2 is 1.85 bits per heavy atom. The summed E-state index contributed by atoms with van der Waals surface area (Å²) in [5.74, 6) is 2.85. The molecule has 1 amide bonds. The molecule has 0 saturated carbocycles. The molecule has 2 aromatic carbocycles. The van der Waals surface area contributed by atoms with Gasteiger partial charge in [-0.25, -0.2) is 0 Å². The van der Waals surface area contributed by atoms with Gasteiger partial charge in [0, 0.05) is 6.42 Å². The fraction of sp³-hybridized carbons (Fsp3) is 0.350. The lowest BCUT2D eigenvalue weighted by atomic mass is 10.1. The Labute approximate surface area is 153 Å². The summed E-state index contributed by atoms with van der Waals surface area (Å²) in [5, 5.41) is 2.86. The van der Waals surface area contributed by atoms with Crippen LogP contribution in [-0.4, -0.2) is 39.4 Å². The zero-order valence-electron chi connectivity index (χ0n) is 14.8. The molecule has 3 rings (SSSR count). The van der Waals surface area contributed by atoms with E-state index in [1.54, 1.807) is 7.11 Å². The average molecular weight is 357 g/mol. The molecule has 2 aromatic rings. The molecule has 6 heteroatoms. The molecule has 1 aliphatic heterocycles. The molecular weight excluding hydrogens is 334 g/mol. The van der Waals surface area contributed by atoms with E-state index in [4.69, 9.17) is 18.9 Å². The molecule has 0 aromatic heterocycles. The van der Waals surface area contributed by atoms with Crippen LogP contribution in [0.3, 0.4) is 0 Å². The second-order valence-electron chi connectivity index (χ2n) is 5.83. The summed E-state index contributed by atoms with van der Waals surface area (Å²) >= 11 is 0. The van der Waals surface area contributed by atoms with Crippen LogP contribution in [0.2, 0.25) is 0 Å². The van der Waals surface area contributed by atoms with Crippen LogP contribution in [0.15, 0.2) is 42.5 Å². The standard InChI is InChI=1S/C20H23NO5/c1-23-16-4-2-3-5-17(16)24-11-10-21-20(22)9-7-15-6-8-18-19(14-15)26-13-12-25-18/h2-6,8,14H,7,9-13H2,1H3,(H,21,22). The molecule has 1 N–H and O–H groups in total. The molecule has 1 aliphatic rings. The molecular formula is C20H23NO5. The van der Waals surface area contributed by atoms with Crippen molar-refractivity contribution in [3.05, 3.63) is 48.0 Å².